The Morgan fingerprint density at radius 1 is 1.16 bits per heavy atom. The van der Waals surface area contributed by atoms with Gasteiger partial charge < -0.3 is 25.0 Å². The van der Waals surface area contributed by atoms with Crippen molar-refractivity contribution in [2.24, 2.45) is 5.92 Å². The van der Waals surface area contributed by atoms with Crippen LogP contribution in [0.5, 0.6) is 11.5 Å². The van der Waals surface area contributed by atoms with Crippen LogP contribution >= 0.6 is 0 Å². The Labute approximate surface area is 184 Å². The van der Waals surface area contributed by atoms with E-state index in [1.54, 1.807) is 7.11 Å². The number of aryl methyl sites for hydroxylation is 1. The highest BCUT2D eigenvalue weighted by molar-refractivity contribution is 5.96. The number of methoxy groups -OCH3 is 1. The number of hydrogen-bond donors (Lipinski definition) is 2. The van der Waals surface area contributed by atoms with Gasteiger partial charge in [-0.05, 0) is 68.0 Å². The molecule has 1 aliphatic heterocycles. The maximum Gasteiger partial charge on any atom is 0.252 e. The second-order valence-corrected chi connectivity index (χ2v) is 8.60. The fraction of sp³-hybridized carbons (Fsp3) is 0.480. The number of anilines is 1. The highest BCUT2D eigenvalue weighted by atomic mass is 16.5. The Morgan fingerprint density at radius 2 is 1.94 bits per heavy atom. The SMILES string of the molecule is COc1cc(C(C)NC(=O)c2cc(N3CCNCC3)ccc2C)ccc1OCC1CC1. The molecule has 1 atom stereocenters. The van der Waals surface area contributed by atoms with Gasteiger partial charge in [0.05, 0.1) is 19.8 Å². The standard InChI is InChI=1S/C25H33N3O3/c1-17-4-8-21(28-12-10-26-11-13-28)15-22(17)25(29)27-18(2)20-7-9-23(24(14-20)30-3)31-16-19-5-6-19/h4,7-9,14-15,18-19,26H,5-6,10-13,16H2,1-3H3,(H,27,29). The Bertz CT molecular complexity index is 920. The summed E-state index contributed by atoms with van der Waals surface area (Å²) in [5.74, 6) is 2.09. The first-order valence-corrected chi connectivity index (χ1v) is 11.2. The normalized spacial score (nSPS) is 17.2. The van der Waals surface area contributed by atoms with Crippen LogP contribution in [0.1, 0.15) is 47.3 Å². The third kappa shape index (κ3) is 5.31. The molecule has 1 amide bonds. The average molecular weight is 424 g/mol. The van der Waals surface area contributed by atoms with E-state index < -0.39 is 0 Å². The summed E-state index contributed by atoms with van der Waals surface area (Å²) in [5, 5.41) is 6.52. The molecule has 1 saturated heterocycles. The first-order valence-electron chi connectivity index (χ1n) is 11.2. The molecule has 1 saturated carbocycles. The molecule has 6 nitrogen and oxygen atoms in total. The monoisotopic (exact) mass is 423 g/mol. The first kappa shape index (κ1) is 21.5. The molecule has 0 spiro atoms. The molecule has 1 aliphatic carbocycles. The summed E-state index contributed by atoms with van der Waals surface area (Å²) in [7, 11) is 1.65. The Hall–Kier alpha value is -2.73. The minimum atomic E-state index is -0.152. The van der Waals surface area contributed by atoms with Crippen LogP contribution in [0, 0.1) is 12.8 Å². The van der Waals surface area contributed by atoms with Gasteiger partial charge in [0.2, 0.25) is 0 Å². The summed E-state index contributed by atoms with van der Waals surface area (Å²) in [6.07, 6.45) is 2.50. The Morgan fingerprint density at radius 3 is 2.65 bits per heavy atom. The molecule has 1 heterocycles. The summed E-state index contributed by atoms with van der Waals surface area (Å²) in [5.41, 5.74) is 3.79. The maximum absolute atomic E-state index is 13.1. The second-order valence-electron chi connectivity index (χ2n) is 8.60. The number of benzene rings is 2. The predicted molar refractivity (Wildman–Crippen MR) is 123 cm³/mol. The third-order valence-electron chi connectivity index (χ3n) is 6.15. The summed E-state index contributed by atoms with van der Waals surface area (Å²) in [6, 6.07) is 11.9. The average Bonchev–Trinajstić information content (AvgIpc) is 3.63. The molecular weight excluding hydrogens is 390 g/mol. The molecule has 2 fully saturated rings. The van der Waals surface area contributed by atoms with Crippen molar-refractivity contribution in [1.82, 2.24) is 10.6 Å². The van der Waals surface area contributed by atoms with Crippen molar-refractivity contribution < 1.29 is 14.3 Å². The third-order valence-corrected chi connectivity index (χ3v) is 6.15. The number of nitrogens with one attached hydrogen (secondary N) is 2. The van der Waals surface area contributed by atoms with E-state index in [1.165, 1.54) is 12.8 Å². The van der Waals surface area contributed by atoms with Gasteiger partial charge in [0.25, 0.3) is 5.91 Å². The van der Waals surface area contributed by atoms with Gasteiger partial charge >= 0.3 is 0 Å². The molecule has 0 radical (unpaired) electrons. The summed E-state index contributed by atoms with van der Waals surface area (Å²) >= 11 is 0. The molecule has 1 unspecified atom stereocenters. The zero-order chi connectivity index (χ0) is 21.8. The zero-order valence-corrected chi connectivity index (χ0v) is 18.7. The number of amides is 1. The molecule has 2 aliphatic rings. The lowest BCUT2D eigenvalue weighted by molar-refractivity contribution is 0.0939. The van der Waals surface area contributed by atoms with E-state index in [2.05, 4.69) is 21.6 Å². The largest absolute Gasteiger partial charge is 0.493 e. The van der Waals surface area contributed by atoms with Crippen molar-refractivity contribution in [3.63, 3.8) is 0 Å². The summed E-state index contributed by atoms with van der Waals surface area (Å²) in [4.78, 5) is 15.4. The second kappa shape index (κ2) is 9.60. The van der Waals surface area contributed by atoms with Gasteiger partial charge in [0, 0.05) is 37.4 Å². The lowest BCUT2D eigenvalue weighted by Crippen LogP contribution is -2.43. The van der Waals surface area contributed by atoms with E-state index in [9.17, 15) is 4.79 Å². The van der Waals surface area contributed by atoms with Crippen molar-refractivity contribution >= 4 is 11.6 Å². The van der Waals surface area contributed by atoms with Gasteiger partial charge in [-0.15, -0.1) is 0 Å². The number of nitrogens with zero attached hydrogens (tertiary/aromatic N) is 1. The van der Waals surface area contributed by atoms with E-state index in [1.807, 2.05) is 44.2 Å². The molecule has 0 bridgehead atoms. The van der Waals surface area contributed by atoms with Crippen LogP contribution in [0.25, 0.3) is 0 Å². The highest BCUT2D eigenvalue weighted by Crippen LogP contribution is 2.34. The van der Waals surface area contributed by atoms with Crippen LogP contribution in [0.4, 0.5) is 5.69 Å². The summed E-state index contributed by atoms with van der Waals surface area (Å²) in [6.45, 7) is 8.56. The van der Waals surface area contributed by atoms with E-state index >= 15 is 0 Å². The molecular formula is C25H33N3O3. The predicted octanol–water partition coefficient (Wildman–Crippen LogP) is 3.69. The van der Waals surface area contributed by atoms with Crippen LogP contribution in [0.15, 0.2) is 36.4 Å². The number of ether oxygens (including phenoxy) is 2. The summed E-state index contributed by atoms with van der Waals surface area (Å²) < 4.78 is 11.4. The number of piperazine rings is 1. The van der Waals surface area contributed by atoms with Crippen LogP contribution in [0.3, 0.4) is 0 Å². The van der Waals surface area contributed by atoms with E-state index in [0.717, 1.165) is 60.9 Å². The van der Waals surface area contributed by atoms with Gasteiger partial charge in [-0.3, -0.25) is 4.79 Å². The van der Waals surface area contributed by atoms with Crippen LogP contribution in [0.2, 0.25) is 0 Å². The smallest absolute Gasteiger partial charge is 0.252 e. The van der Waals surface area contributed by atoms with Crippen LogP contribution in [-0.4, -0.2) is 45.8 Å². The van der Waals surface area contributed by atoms with Crippen molar-refractivity contribution in [2.75, 3.05) is 44.8 Å². The molecule has 2 aromatic carbocycles. The van der Waals surface area contributed by atoms with Gasteiger partial charge in [-0.25, -0.2) is 0 Å². The zero-order valence-electron chi connectivity index (χ0n) is 18.7. The van der Waals surface area contributed by atoms with Crippen molar-refractivity contribution in [1.29, 1.82) is 0 Å². The van der Waals surface area contributed by atoms with Crippen molar-refractivity contribution in [3.8, 4) is 11.5 Å². The Kier molecular flexibility index (Phi) is 6.66. The molecule has 2 aromatic rings. The molecule has 2 N–H and O–H groups in total. The van der Waals surface area contributed by atoms with Gasteiger partial charge in [0.1, 0.15) is 0 Å². The fourth-order valence-electron chi connectivity index (χ4n) is 3.90. The van der Waals surface area contributed by atoms with Crippen LogP contribution < -0.4 is 25.0 Å². The lowest BCUT2D eigenvalue weighted by Gasteiger charge is -2.30. The van der Waals surface area contributed by atoms with Crippen molar-refractivity contribution in [2.45, 2.75) is 32.7 Å². The van der Waals surface area contributed by atoms with Crippen LogP contribution in [-0.2, 0) is 0 Å². The van der Waals surface area contributed by atoms with Crippen molar-refractivity contribution in [3.05, 3.63) is 53.1 Å². The molecule has 4 rings (SSSR count). The quantitative estimate of drug-likeness (QED) is 0.678. The van der Waals surface area contributed by atoms with Gasteiger partial charge in [0.15, 0.2) is 11.5 Å². The minimum absolute atomic E-state index is 0.0602. The number of carbonyl (C=O) groups is 1. The Balaban J connectivity index is 1.45. The number of carbonyl (C=O) groups excluding carboxylic acids is 1. The minimum Gasteiger partial charge on any atom is -0.493 e. The first-order chi connectivity index (χ1) is 15.0. The molecule has 31 heavy (non-hydrogen) atoms. The molecule has 0 aromatic heterocycles. The highest BCUT2D eigenvalue weighted by Gasteiger charge is 2.23. The van der Waals surface area contributed by atoms with E-state index in [-0.39, 0.29) is 11.9 Å². The maximum atomic E-state index is 13.1. The number of hydrogen-bond acceptors (Lipinski definition) is 5. The number of rotatable bonds is 8. The van der Waals surface area contributed by atoms with E-state index in [4.69, 9.17) is 9.47 Å². The van der Waals surface area contributed by atoms with E-state index in [0.29, 0.717) is 11.7 Å². The fourth-order valence-corrected chi connectivity index (χ4v) is 3.90. The van der Waals surface area contributed by atoms with Gasteiger partial charge in [-0.2, -0.15) is 0 Å². The lowest BCUT2D eigenvalue weighted by atomic mass is 10.0. The topological polar surface area (TPSA) is 62.8 Å². The molecule has 6 heteroatoms. The molecule has 166 valence electrons. The van der Waals surface area contributed by atoms with Gasteiger partial charge in [-0.1, -0.05) is 12.1 Å².